The van der Waals surface area contributed by atoms with Crippen molar-refractivity contribution in [2.75, 3.05) is 18.5 Å². The molecule has 1 N–H and O–H groups in total. The third kappa shape index (κ3) is 3.10. The van der Waals surface area contributed by atoms with Gasteiger partial charge in [-0.05, 0) is 18.7 Å². The van der Waals surface area contributed by atoms with Gasteiger partial charge in [0.25, 0.3) is 6.01 Å². The van der Waals surface area contributed by atoms with Crippen LogP contribution in [0.4, 0.5) is 6.01 Å². The van der Waals surface area contributed by atoms with Crippen LogP contribution in [0.1, 0.15) is 18.4 Å². The smallest absolute Gasteiger partial charge is 0.297 e. The standard InChI is InChI=1S/C12H17N3O2/c1-3-13-7-10-9-17-12(14-10)15(2)8-11-5-4-6-16-11/h4-6,9,13H,3,7-8H2,1-2H3. The molecule has 5 nitrogen and oxygen atoms in total. The summed E-state index contributed by atoms with van der Waals surface area (Å²) in [5, 5.41) is 3.20. The number of anilines is 1. The van der Waals surface area contributed by atoms with Crippen molar-refractivity contribution in [3.63, 3.8) is 0 Å². The molecule has 5 heteroatoms. The van der Waals surface area contributed by atoms with Gasteiger partial charge in [-0.1, -0.05) is 6.92 Å². The zero-order chi connectivity index (χ0) is 12.1. The highest BCUT2D eigenvalue weighted by molar-refractivity contribution is 5.26. The van der Waals surface area contributed by atoms with E-state index in [0.29, 0.717) is 12.6 Å². The summed E-state index contributed by atoms with van der Waals surface area (Å²) < 4.78 is 10.7. The number of nitrogens with zero attached hydrogens (tertiary/aromatic N) is 2. The van der Waals surface area contributed by atoms with Crippen molar-refractivity contribution in [1.29, 1.82) is 0 Å². The molecule has 0 fully saturated rings. The van der Waals surface area contributed by atoms with Crippen LogP contribution in [0.25, 0.3) is 0 Å². The molecular weight excluding hydrogens is 218 g/mol. The summed E-state index contributed by atoms with van der Waals surface area (Å²) >= 11 is 0. The van der Waals surface area contributed by atoms with E-state index >= 15 is 0 Å². The summed E-state index contributed by atoms with van der Waals surface area (Å²) in [6.07, 6.45) is 3.34. The van der Waals surface area contributed by atoms with E-state index in [2.05, 4.69) is 17.2 Å². The minimum absolute atomic E-state index is 0.606. The van der Waals surface area contributed by atoms with Crippen LogP contribution in [0.3, 0.4) is 0 Å². The van der Waals surface area contributed by atoms with Crippen LogP contribution in [-0.4, -0.2) is 18.6 Å². The van der Waals surface area contributed by atoms with Crippen molar-refractivity contribution in [2.24, 2.45) is 0 Å². The number of hydrogen-bond donors (Lipinski definition) is 1. The molecule has 0 radical (unpaired) electrons. The summed E-state index contributed by atoms with van der Waals surface area (Å²) in [7, 11) is 1.92. The molecule has 0 aliphatic rings. The Balaban J connectivity index is 1.94. The molecule has 92 valence electrons. The zero-order valence-corrected chi connectivity index (χ0v) is 10.1. The fourth-order valence-electron chi connectivity index (χ4n) is 1.51. The first kappa shape index (κ1) is 11.7. The maximum Gasteiger partial charge on any atom is 0.297 e. The first-order valence-electron chi connectivity index (χ1n) is 5.68. The predicted octanol–water partition coefficient (Wildman–Crippen LogP) is 2.01. The number of hydrogen-bond acceptors (Lipinski definition) is 5. The van der Waals surface area contributed by atoms with Crippen LogP contribution in [0.2, 0.25) is 0 Å². The SMILES string of the molecule is CCNCc1coc(N(C)Cc2ccco2)n1. The number of oxazole rings is 1. The van der Waals surface area contributed by atoms with Gasteiger partial charge in [0, 0.05) is 13.6 Å². The molecule has 2 rings (SSSR count). The summed E-state index contributed by atoms with van der Waals surface area (Å²) in [4.78, 5) is 6.29. The lowest BCUT2D eigenvalue weighted by Crippen LogP contribution is -2.17. The predicted molar refractivity (Wildman–Crippen MR) is 64.7 cm³/mol. The Bertz CT molecular complexity index is 436. The Morgan fingerprint density at radius 1 is 1.41 bits per heavy atom. The van der Waals surface area contributed by atoms with E-state index in [9.17, 15) is 0 Å². The molecule has 0 bridgehead atoms. The Hall–Kier alpha value is -1.75. The topological polar surface area (TPSA) is 54.4 Å². The lowest BCUT2D eigenvalue weighted by Gasteiger charge is -2.11. The van der Waals surface area contributed by atoms with Gasteiger partial charge in [0.2, 0.25) is 0 Å². The van der Waals surface area contributed by atoms with Crippen LogP contribution < -0.4 is 10.2 Å². The lowest BCUT2D eigenvalue weighted by molar-refractivity contribution is 0.488. The van der Waals surface area contributed by atoms with Crippen molar-refractivity contribution < 1.29 is 8.83 Å². The zero-order valence-electron chi connectivity index (χ0n) is 10.1. The second-order valence-electron chi connectivity index (χ2n) is 3.84. The molecule has 0 unspecified atom stereocenters. The number of rotatable bonds is 6. The summed E-state index contributed by atoms with van der Waals surface area (Å²) in [6, 6.07) is 4.41. The first-order chi connectivity index (χ1) is 8.29. The average Bonchev–Trinajstić information content (AvgIpc) is 2.96. The monoisotopic (exact) mass is 235 g/mol. The molecule has 17 heavy (non-hydrogen) atoms. The molecule has 0 spiro atoms. The van der Waals surface area contributed by atoms with E-state index in [0.717, 1.165) is 24.5 Å². The second kappa shape index (κ2) is 5.54. The Morgan fingerprint density at radius 3 is 3.00 bits per heavy atom. The van der Waals surface area contributed by atoms with Crippen molar-refractivity contribution >= 4 is 6.01 Å². The van der Waals surface area contributed by atoms with E-state index in [1.807, 2.05) is 24.1 Å². The van der Waals surface area contributed by atoms with E-state index in [-0.39, 0.29) is 0 Å². The molecule has 2 aromatic heterocycles. The van der Waals surface area contributed by atoms with E-state index in [1.165, 1.54) is 0 Å². The number of aromatic nitrogens is 1. The van der Waals surface area contributed by atoms with Crippen LogP contribution in [0.15, 0.2) is 33.5 Å². The van der Waals surface area contributed by atoms with Gasteiger partial charge in [0.05, 0.1) is 18.5 Å². The summed E-state index contributed by atoms with van der Waals surface area (Å²) in [5.41, 5.74) is 0.910. The Kier molecular flexibility index (Phi) is 3.82. The molecule has 0 aliphatic carbocycles. The van der Waals surface area contributed by atoms with Crippen molar-refractivity contribution in [3.05, 3.63) is 36.1 Å². The quantitative estimate of drug-likeness (QED) is 0.830. The Labute approximate surface area is 100 Å². The van der Waals surface area contributed by atoms with E-state index in [4.69, 9.17) is 8.83 Å². The van der Waals surface area contributed by atoms with E-state index < -0.39 is 0 Å². The molecule has 0 saturated carbocycles. The normalized spacial score (nSPS) is 10.7. The fraction of sp³-hybridized carbons (Fsp3) is 0.417. The maximum atomic E-state index is 5.41. The molecular formula is C12H17N3O2. The van der Waals surface area contributed by atoms with Gasteiger partial charge in [-0.3, -0.25) is 0 Å². The highest BCUT2D eigenvalue weighted by atomic mass is 16.4. The van der Waals surface area contributed by atoms with E-state index in [1.54, 1.807) is 12.5 Å². The van der Waals surface area contributed by atoms with Crippen molar-refractivity contribution in [3.8, 4) is 0 Å². The van der Waals surface area contributed by atoms with Gasteiger partial charge in [-0.2, -0.15) is 4.98 Å². The lowest BCUT2D eigenvalue weighted by atomic mass is 10.4. The molecule has 0 saturated heterocycles. The molecule has 0 aromatic carbocycles. The summed E-state index contributed by atoms with van der Waals surface area (Å²) in [5.74, 6) is 0.888. The minimum Gasteiger partial charge on any atom is -0.467 e. The Morgan fingerprint density at radius 2 is 2.29 bits per heavy atom. The molecule has 0 aliphatic heterocycles. The van der Waals surface area contributed by atoms with Crippen molar-refractivity contribution in [1.82, 2.24) is 10.3 Å². The number of nitrogens with one attached hydrogen (secondary N) is 1. The average molecular weight is 235 g/mol. The fourth-order valence-corrected chi connectivity index (χ4v) is 1.51. The molecule has 0 amide bonds. The highest BCUT2D eigenvalue weighted by Gasteiger charge is 2.10. The van der Waals surface area contributed by atoms with Gasteiger partial charge < -0.3 is 19.1 Å². The molecule has 2 aromatic rings. The molecule has 0 atom stereocenters. The van der Waals surface area contributed by atoms with Gasteiger partial charge >= 0.3 is 0 Å². The van der Waals surface area contributed by atoms with Gasteiger partial charge in [-0.25, -0.2) is 0 Å². The van der Waals surface area contributed by atoms with Gasteiger partial charge in [0.1, 0.15) is 12.0 Å². The van der Waals surface area contributed by atoms with Crippen LogP contribution in [-0.2, 0) is 13.1 Å². The first-order valence-corrected chi connectivity index (χ1v) is 5.68. The van der Waals surface area contributed by atoms with Crippen LogP contribution in [0, 0.1) is 0 Å². The third-order valence-electron chi connectivity index (χ3n) is 2.40. The van der Waals surface area contributed by atoms with Gasteiger partial charge in [0.15, 0.2) is 0 Å². The highest BCUT2D eigenvalue weighted by Crippen LogP contribution is 2.15. The minimum atomic E-state index is 0.606. The van der Waals surface area contributed by atoms with Crippen LogP contribution in [0.5, 0.6) is 0 Å². The second-order valence-corrected chi connectivity index (χ2v) is 3.84. The van der Waals surface area contributed by atoms with Crippen LogP contribution >= 0.6 is 0 Å². The van der Waals surface area contributed by atoms with Gasteiger partial charge in [-0.15, -0.1) is 0 Å². The largest absolute Gasteiger partial charge is 0.467 e. The third-order valence-corrected chi connectivity index (χ3v) is 2.40. The maximum absolute atomic E-state index is 5.41. The number of furan rings is 1. The summed E-state index contributed by atoms with van der Waals surface area (Å²) in [6.45, 7) is 4.36. The molecule has 2 heterocycles. The van der Waals surface area contributed by atoms with Crippen molar-refractivity contribution in [2.45, 2.75) is 20.0 Å².